The van der Waals surface area contributed by atoms with Crippen molar-refractivity contribution in [3.8, 4) is 0 Å². The van der Waals surface area contributed by atoms with E-state index in [2.05, 4.69) is 19.1 Å². The molecule has 0 aliphatic rings. The molecule has 1 aromatic carbocycles. The molecule has 0 radical (unpaired) electrons. The molecular weight excluding hydrogens is 134 g/mol. The summed E-state index contributed by atoms with van der Waals surface area (Å²) in [5.41, 5.74) is 7.09. The van der Waals surface area contributed by atoms with E-state index in [0.717, 1.165) is 0 Å². The molecule has 0 aliphatic heterocycles. The molecule has 1 nitrogen and oxygen atoms in total. The van der Waals surface area contributed by atoms with E-state index >= 15 is 0 Å². The highest BCUT2D eigenvalue weighted by Gasteiger charge is 2.08. The molecule has 0 fully saturated rings. The number of hydrogen-bond donors (Lipinski definition) is 1. The predicted octanol–water partition coefficient (Wildman–Crippen LogP) is 2.14. The van der Waals surface area contributed by atoms with Crippen molar-refractivity contribution in [3.63, 3.8) is 0 Å². The van der Waals surface area contributed by atoms with Crippen molar-refractivity contribution in [2.24, 2.45) is 5.73 Å². The molecule has 11 heavy (non-hydrogen) atoms. The summed E-state index contributed by atoms with van der Waals surface area (Å²) in [6, 6.07) is 10.6. The summed E-state index contributed by atoms with van der Waals surface area (Å²) in [5, 5.41) is 0. The molecule has 1 heteroatoms. The lowest BCUT2D eigenvalue weighted by atomic mass is 9.95. The van der Waals surface area contributed by atoms with Crippen LogP contribution in [0.1, 0.15) is 25.3 Å². The van der Waals surface area contributed by atoms with Crippen molar-refractivity contribution in [1.82, 2.24) is 0 Å². The summed E-state index contributed by atoms with van der Waals surface area (Å²) in [6.45, 7) is 4.19. The molecular formula is C10H15N. The van der Waals surface area contributed by atoms with Crippen LogP contribution in [0.4, 0.5) is 0 Å². The van der Waals surface area contributed by atoms with Gasteiger partial charge in [-0.2, -0.15) is 0 Å². The number of rotatable bonds is 2. The van der Waals surface area contributed by atoms with Crippen molar-refractivity contribution >= 4 is 0 Å². The molecule has 60 valence electrons. The maximum atomic E-state index is 5.77. The molecule has 0 aliphatic carbocycles. The van der Waals surface area contributed by atoms with Gasteiger partial charge in [-0.15, -0.1) is 0 Å². The fourth-order valence-corrected chi connectivity index (χ4v) is 1.06. The van der Waals surface area contributed by atoms with Gasteiger partial charge in [0.15, 0.2) is 0 Å². The molecule has 2 N–H and O–H groups in total. The molecule has 0 saturated carbocycles. The third-order valence-corrected chi connectivity index (χ3v) is 2.11. The Morgan fingerprint density at radius 1 is 1.09 bits per heavy atom. The summed E-state index contributed by atoms with van der Waals surface area (Å²) in [7, 11) is 0. The zero-order chi connectivity index (χ0) is 8.27. The standard InChI is InChI=1S/C10H15N/c1-8(9(2)11)10-6-4-3-5-7-10/h3-9H,11H2,1-2H3/t8-,9+/m0/s1. The maximum Gasteiger partial charge on any atom is 0.00766 e. The van der Waals surface area contributed by atoms with E-state index in [4.69, 9.17) is 5.73 Å². The molecule has 0 aromatic heterocycles. The van der Waals surface area contributed by atoms with Crippen LogP contribution >= 0.6 is 0 Å². The van der Waals surface area contributed by atoms with Gasteiger partial charge in [0.1, 0.15) is 0 Å². The average molecular weight is 149 g/mol. The Morgan fingerprint density at radius 3 is 2.09 bits per heavy atom. The van der Waals surface area contributed by atoms with Crippen molar-refractivity contribution in [2.45, 2.75) is 25.8 Å². The number of nitrogens with two attached hydrogens (primary N) is 1. The van der Waals surface area contributed by atoms with Gasteiger partial charge in [0.05, 0.1) is 0 Å². The van der Waals surface area contributed by atoms with E-state index in [1.807, 2.05) is 25.1 Å². The van der Waals surface area contributed by atoms with Gasteiger partial charge in [0.2, 0.25) is 0 Å². The van der Waals surface area contributed by atoms with Crippen molar-refractivity contribution in [2.75, 3.05) is 0 Å². The molecule has 0 unspecified atom stereocenters. The zero-order valence-electron chi connectivity index (χ0n) is 7.12. The van der Waals surface area contributed by atoms with Gasteiger partial charge in [0, 0.05) is 6.04 Å². The average Bonchev–Trinajstić information content (AvgIpc) is 2.05. The van der Waals surface area contributed by atoms with Crippen LogP contribution in [0, 0.1) is 0 Å². The predicted molar refractivity (Wildman–Crippen MR) is 48.5 cm³/mol. The van der Waals surface area contributed by atoms with Gasteiger partial charge in [-0.3, -0.25) is 0 Å². The van der Waals surface area contributed by atoms with Gasteiger partial charge in [-0.05, 0) is 18.4 Å². The second-order valence-corrected chi connectivity index (χ2v) is 3.06. The summed E-state index contributed by atoms with van der Waals surface area (Å²) < 4.78 is 0. The minimum atomic E-state index is 0.234. The zero-order valence-corrected chi connectivity index (χ0v) is 7.12. The quantitative estimate of drug-likeness (QED) is 0.685. The van der Waals surface area contributed by atoms with Gasteiger partial charge < -0.3 is 5.73 Å². The van der Waals surface area contributed by atoms with Crippen LogP contribution < -0.4 is 5.73 Å². The van der Waals surface area contributed by atoms with Crippen LogP contribution in [0.3, 0.4) is 0 Å². The largest absolute Gasteiger partial charge is 0.327 e. The van der Waals surface area contributed by atoms with Crippen molar-refractivity contribution in [1.29, 1.82) is 0 Å². The van der Waals surface area contributed by atoms with Crippen LogP contribution in [0.15, 0.2) is 30.3 Å². The highest BCUT2D eigenvalue weighted by molar-refractivity contribution is 5.19. The fraction of sp³-hybridized carbons (Fsp3) is 0.400. The van der Waals surface area contributed by atoms with Crippen LogP contribution in [-0.4, -0.2) is 6.04 Å². The van der Waals surface area contributed by atoms with Gasteiger partial charge in [-0.25, -0.2) is 0 Å². The first-order chi connectivity index (χ1) is 5.22. The maximum absolute atomic E-state index is 5.77. The van der Waals surface area contributed by atoms with Crippen LogP contribution in [-0.2, 0) is 0 Å². The Hall–Kier alpha value is -0.820. The lowest BCUT2D eigenvalue weighted by Gasteiger charge is -2.15. The molecule has 0 saturated heterocycles. The number of hydrogen-bond acceptors (Lipinski definition) is 1. The minimum Gasteiger partial charge on any atom is -0.327 e. The first-order valence-electron chi connectivity index (χ1n) is 4.02. The van der Waals surface area contributed by atoms with Crippen LogP contribution in [0.2, 0.25) is 0 Å². The summed E-state index contributed by atoms with van der Waals surface area (Å²) in [6.07, 6.45) is 0. The lowest BCUT2D eigenvalue weighted by Crippen LogP contribution is -2.22. The minimum absolute atomic E-state index is 0.234. The Morgan fingerprint density at radius 2 is 1.64 bits per heavy atom. The van der Waals surface area contributed by atoms with Crippen LogP contribution in [0.25, 0.3) is 0 Å². The monoisotopic (exact) mass is 149 g/mol. The first kappa shape index (κ1) is 8.28. The third kappa shape index (κ3) is 2.05. The molecule has 0 amide bonds. The lowest BCUT2D eigenvalue weighted by molar-refractivity contribution is 0.613. The Balaban J connectivity index is 2.77. The Kier molecular flexibility index (Phi) is 2.66. The van der Waals surface area contributed by atoms with E-state index in [-0.39, 0.29) is 6.04 Å². The smallest absolute Gasteiger partial charge is 0.00766 e. The molecule has 0 spiro atoms. The van der Waals surface area contributed by atoms with Gasteiger partial charge >= 0.3 is 0 Å². The third-order valence-electron chi connectivity index (χ3n) is 2.11. The summed E-state index contributed by atoms with van der Waals surface area (Å²) in [4.78, 5) is 0. The van der Waals surface area contributed by atoms with E-state index in [0.29, 0.717) is 5.92 Å². The van der Waals surface area contributed by atoms with E-state index in [1.54, 1.807) is 0 Å². The topological polar surface area (TPSA) is 26.0 Å². The Bertz CT molecular complexity index is 203. The summed E-state index contributed by atoms with van der Waals surface area (Å²) in [5.74, 6) is 0.455. The molecule has 2 atom stereocenters. The van der Waals surface area contributed by atoms with Crippen molar-refractivity contribution < 1.29 is 0 Å². The highest BCUT2D eigenvalue weighted by Crippen LogP contribution is 2.16. The Labute approximate surface area is 68.2 Å². The summed E-state index contributed by atoms with van der Waals surface area (Å²) >= 11 is 0. The SMILES string of the molecule is C[C@H](c1ccccc1)[C@@H](C)N. The van der Waals surface area contributed by atoms with E-state index in [9.17, 15) is 0 Å². The normalized spacial score (nSPS) is 15.9. The second-order valence-electron chi connectivity index (χ2n) is 3.06. The molecule has 1 aromatic rings. The highest BCUT2D eigenvalue weighted by atomic mass is 14.6. The van der Waals surface area contributed by atoms with Crippen LogP contribution in [0.5, 0.6) is 0 Å². The molecule has 0 bridgehead atoms. The fourth-order valence-electron chi connectivity index (χ4n) is 1.06. The van der Waals surface area contributed by atoms with Crippen molar-refractivity contribution in [3.05, 3.63) is 35.9 Å². The molecule has 1 rings (SSSR count). The number of benzene rings is 1. The van der Waals surface area contributed by atoms with E-state index in [1.165, 1.54) is 5.56 Å². The van der Waals surface area contributed by atoms with Gasteiger partial charge in [0.25, 0.3) is 0 Å². The second kappa shape index (κ2) is 3.54. The van der Waals surface area contributed by atoms with Gasteiger partial charge in [-0.1, -0.05) is 37.3 Å². The first-order valence-corrected chi connectivity index (χ1v) is 4.02. The molecule has 0 heterocycles. The van der Waals surface area contributed by atoms with E-state index < -0.39 is 0 Å².